The van der Waals surface area contributed by atoms with E-state index >= 15 is 0 Å². The molecule has 0 unspecified atom stereocenters. The molecule has 0 spiro atoms. The number of halogens is 1. The number of aromatic nitrogens is 5. The summed E-state index contributed by atoms with van der Waals surface area (Å²) >= 11 is 2.53. The zero-order valence-electron chi connectivity index (χ0n) is 18.1. The van der Waals surface area contributed by atoms with Gasteiger partial charge >= 0.3 is 0 Å². The number of aryl methyl sites for hydroxylation is 1. The number of nitrogens with zero attached hydrogens (tertiary/aromatic N) is 5. The van der Waals surface area contributed by atoms with E-state index in [2.05, 4.69) is 20.5 Å². The van der Waals surface area contributed by atoms with Gasteiger partial charge in [-0.15, -0.1) is 21.5 Å². The van der Waals surface area contributed by atoms with Gasteiger partial charge in [-0.2, -0.15) is 0 Å². The Morgan fingerprint density at radius 1 is 1.15 bits per heavy atom. The van der Waals surface area contributed by atoms with Gasteiger partial charge in [-0.05, 0) is 42.8 Å². The number of hydrogen-bond acceptors (Lipinski definition) is 7. The van der Waals surface area contributed by atoms with Crippen LogP contribution >= 0.6 is 23.1 Å². The molecule has 0 aliphatic carbocycles. The number of carbonyl (C=O) groups excluding carboxylic acids is 1. The maximum Gasteiger partial charge on any atom is 0.262 e. The molecule has 34 heavy (non-hydrogen) atoms. The second-order valence-corrected chi connectivity index (χ2v) is 9.27. The minimum absolute atomic E-state index is 0.0908. The molecule has 0 fully saturated rings. The fourth-order valence-corrected chi connectivity index (χ4v) is 5.10. The summed E-state index contributed by atoms with van der Waals surface area (Å²) in [4.78, 5) is 29.9. The lowest BCUT2D eigenvalue weighted by molar-refractivity contribution is -0.113. The quantitative estimate of drug-likeness (QED) is 0.336. The van der Waals surface area contributed by atoms with E-state index in [0.29, 0.717) is 39.2 Å². The molecule has 0 radical (unpaired) electrons. The molecule has 0 saturated carbocycles. The Morgan fingerprint density at radius 2 is 1.94 bits per heavy atom. The molecule has 1 amide bonds. The standard InChI is InChI=1S/C23H19FN6O2S2/c1-2-11-29-20(32)16-5-3-4-6-18(16)30-22(29)27-28-23(30)34-13-19(31)26-21-25-17(12-33-21)14-7-9-15(24)10-8-14/h3-10,12H,2,11,13H2,1H3,(H,25,26,31). The van der Waals surface area contributed by atoms with Gasteiger partial charge < -0.3 is 5.32 Å². The summed E-state index contributed by atoms with van der Waals surface area (Å²) in [6, 6.07) is 13.3. The Balaban J connectivity index is 1.36. The van der Waals surface area contributed by atoms with Crippen molar-refractivity contribution < 1.29 is 9.18 Å². The lowest BCUT2D eigenvalue weighted by Crippen LogP contribution is -2.23. The van der Waals surface area contributed by atoms with Crippen LogP contribution in [-0.2, 0) is 11.3 Å². The number of carbonyl (C=O) groups is 1. The van der Waals surface area contributed by atoms with E-state index in [1.54, 1.807) is 28.1 Å². The van der Waals surface area contributed by atoms with E-state index in [-0.39, 0.29) is 23.0 Å². The second-order valence-electron chi connectivity index (χ2n) is 7.47. The molecule has 172 valence electrons. The van der Waals surface area contributed by atoms with Crippen molar-refractivity contribution in [1.29, 1.82) is 0 Å². The van der Waals surface area contributed by atoms with Crippen LogP contribution in [0.5, 0.6) is 0 Å². The smallest absolute Gasteiger partial charge is 0.262 e. The highest BCUT2D eigenvalue weighted by Gasteiger charge is 2.17. The molecule has 0 saturated heterocycles. The molecule has 5 rings (SSSR count). The van der Waals surface area contributed by atoms with Crippen LogP contribution in [0.3, 0.4) is 0 Å². The maximum absolute atomic E-state index is 13.1. The van der Waals surface area contributed by atoms with Crippen molar-refractivity contribution >= 4 is 50.8 Å². The summed E-state index contributed by atoms with van der Waals surface area (Å²) in [5.74, 6) is -0.0108. The highest BCUT2D eigenvalue weighted by atomic mass is 32.2. The third-order valence-electron chi connectivity index (χ3n) is 5.15. The van der Waals surface area contributed by atoms with Crippen LogP contribution in [-0.4, -0.2) is 35.8 Å². The number of para-hydroxylation sites is 1. The third-order valence-corrected chi connectivity index (χ3v) is 6.83. The first-order valence-electron chi connectivity index (χ1n) is 10.6. The number of nitrogens with one attached hydrogen (secondary N) is 1. The maximum atomic E-state index is 13.1. The molecule has 0 aliphatic rings. The average molecular weight is 495 g/mol. The van der Waals surface area contributed by atoms with E-state index < -0.39 is 0 Å². The monoisotopic (exact) mass is 494 g/mol. The minimum Gasteiger partial charge on any atom is -0.301 e. The van der Waals surface area contributed by atoms with Crippen LogP contribution in [0.4, 0.5) is 9.52 Å². The predicted molar refractivity (Wildman–Crippen MR) is 132 cm³/mol. The number of benzene rings is 2. The van der Waals surface area contributed by atoms with Gasteiger partial charge in [-0.3, -0.25) is 18.6 Å². The first-order valence-corrected chi connectivity index (χ1v) is 12.4. The number of rotatable bonds is 7. The fraction of sp³-hybridized carbons (Fsp3) is 0.174. The summed E-state index contributed by atoms with van der Waals surface area (Å²) in [7, 11) is 0. The zero-order valence-corrected chi connectivity index (χ0v) is 19.7. The second kappa shape index (κ2) is 9.35. The molecule has 2 aromatic carbocycles. The van der Waals surface area contributed by atoms with Gasteiger partial charge in [0.25, 0.3) is 5.56 Å². The molecule has 8 nitrogen and oxygen atoms in total. The van der Waals surface area contributed by atoms with Crippen LogP contribution < -0.4 is 10.9 Å². The van der Waals surface area contributed by atoms with Crippen LogP contribution in [0, 0.1) is 5.82 Å². The van der Waals surface area contributed by atoms with E-state index in [9.17, 15) is 14.0 Å². The normalized spacial score (nSPS) is 11.4. The van der Waals surface area contributed by atoms with Gasteiger partial charge in [0.05, 0.1) is 22.3 Å². The van der Waals surface area contributed by atoms with Crippen LogP contribution in [0.2, 0.25) is 0 Å². The van der Waals surface area contributed by atoms with Crippen molar-refractivity contribution in [3.8, 4) is 11.3 Å². The molecule has 11 heteroatoms. The van der Waals surface area contributed by atoms with Gasteiger partial charge in [0.1, 0.15) is 5.82 Å². The van der Waals surface area contributed by atoms with Crippen molar-refractivity contribution in [3.63, 3.8) is 0 Å². The van der Waals surface area contributed by atoms with Crippen LogP contribution in [0.15, 0.2) is 63.9 Å². The van der Waals surface area contributed by atoms with Gasteiger partial charge in [0.15, 0.2) is 10.3 Å². The van der Waals surface area contributed by atoms with Gasteiger partial charge in [-0.25, -0.2) is 9.37 Å². The Kier molecular flexibility index (Phi) is 6.12. The van der Waals surface area contributed by atoms with Gasteiger partial charge in [-0.1, -0.05) is 30.8 Å². The molecular formula is C23H19FN6O2S2. The SMILES string of the molecule is CCCn1c(=O)c2ccccc2n2c(SCC(=O)Nc3nc(-c4ccc(F)cc4)cs3)nnc12. The molecule has 1 N–H and O–H groups in total. The zero-order chi connectivity index (χ0) is 23.7. The van der Waals surface area contributed by atoms with E-state index in [0.717, 1.165) is 12.0 Å². The Bertz CT molecular complexity index is 1560. The first-order chi connectivity index (χ1) is 16.5. The summed E-state index contributed by atoms with van der Waals surface area (Å²) < 4.78 is 16.6. The van der Waals surface area contributed by atoms with Crippen molar-refractivity contribution in [2.75, 3.05) is 11.1 Å². The Labute approximate surface area is 201 Å². The largest absolute Gasteiger partial charge is 0.301 e. The summed E-state index contributed by atoms with van der Waals surface area (Å²) in [5.41, 5.74) is 2.03. The average Bonchev–Trinajstić information content (AvgIpc) is 3.48. The highest BCUT2D eigenvalue weighted by Crippen LogP contribution is 2.26. The molecule has 0 atom stereocenters. The van der Waals surface area contributed by atoms with E-state index in [1.165, 1.54) is 35.2 Å². The predicted octanol–water partition coefficient (Wildman–Crippen LogP) is 4.45. The van der Waals surface area contributed by atoms with Crippen LogP contribution in [0.25, 0.3) is 27.9 Å². The Hall–Kier alpha value is -3.57. The molecule has 0 aliphatic heterocycles. The number of amides is 1. The number of fused-ring (bicyclic) bond motifs is 3. The molecule has 0 bridgehead atoms. The number of hydrogen-bond donors (Lipinski definition) is 1. The van der Waals surface area contributed by atoms with Crippen molar-refractivity contribution in [1.82, 2.24) is 24.1 Å². The topological polar surface area (TPSA) is 94.2 Å². The van der Waals surface area contributed by atoms with Crippen molar-refractivity contribution in [2.24, 2.45) is 0 Å². The molecule has 3 heterocycles. The summed E-state index contributed by atoms with van der Waals surface area (Å²) in [5, 5.41) is 14.6. The van der Waals surface area contributed by atoms with E-state index in [1.807, 2.05) is 29.5 Å². The minimum atomic E-state index is -0.315. The van der Waals surface area contributed by atoms with Crippen molar-refractivity contribution in [3.05, 3.63) is 70.1 Å². The third kappa shape index (κ3) is 4.19. The van der Waals surface area contributed by atoms with Gasteiger partial charge in [0.2, 0.25) is 11.7 Å². The van der Waals surface area contributed by atoms with Gasteiger partial charge in [0, 0.05) is 17.5 Å². The number of anilines is 1. The lowest BCUT2D eigenvalue weighted by Gasteiger charge is -2.10. The fourth-order valence-electron chi connectivity index (χ4n) is 3.62. The lowest BCUT2D eigenvalue weighted by atomic mass is 10.2. The Morgan fingerprint density at radius 3 is 2.74 bits per heavy atom. The summed E-state index contributed by atoms with van der Waals surface area (Å²) in [6.45, 7) is 2.52. The first kappa shape index (κ1) is 22.2. The number of thioether (sulfide) groups is 1. The highest BCUT2D eigenvalue weighted by molar-refractivity contribution is 7.99. The van der Waals surface area contributed by atoms with Crippen molar-refractivity contribution in [2.45, 2.75) is 25.0 Å². The molecule has 5 aromatic rings. The van der Waals surface area contributed by atoms with Crippen LogP contribution in [0.1, 0.15) is 13.3 Å². The van der Waals surface area contributed by atoms with E-state index in [4.69, 9.17) is 0 Å². The summed E-state index contributed by atoms with van der Waals surface area (Å²) in [6.07, 6.45) is 0.777. The molecular weight excluding hydrogens is 475 g/mol. The number of thiazole rings is 1. The molecule has 3 aromatic heterocycles.